The van der Waals surface area contributed by atoms with Crippen LogP contribution in [0.15, 0.2) is 59.4 Å². The molecule has 0 spiro atoms. The van der Waals surface area contributed by atoms with Crippen LogP contribution in [0.5, 0.6) is 0 Å². The number of nitriles is 1. The second-order valence-corrected chi connectivity index (χ2v) is 7.64. The summed E-state index contributed by atoms with van der Waals surface area (Å²) in [7, 11) is 0. The summed E-state index contributed by atoms with van der Waals surface area (Å²) in [5.41, 5.74) is 7.49. The maximum Gasteiger partial charge on any atom is 0.338 e. The van der Waals surface area contributed by atoms with Gasteiger partial charge in [-0.05, 0) is 36.3 Å². The summed E-state index contributed by atoms with van der Waals surface area (Å²) in [6.07, 6.45) is 8.09. The predicted octanol–water partition coefficient (Wildman–Crippen LogP) is 0.691. The van der Waals surface area contributed by atoms with Gasteiger partial charge in [-0.2, -0.15) is 5.26 Å². The molecular weight excluding hydrogens is 414 g/mol. The molecule has 4 heterocycles. The number of carbonyl (C=O) groups excluding carboxylic acids is 1. The van der Waals surface area contributed by atoms with Crippen LogP contribution in [0.25, 0.3) is 17.5 Å². The molecule has 2 N–H and O–H groups in total. The Morgan fingerprint density at radius 1 is 1.32 bits per heavy atom. The summed E-state index contributed by atoms with van der Waals surface area (Å²) in [4.78, 5) is 34.4. The van der Waals surface area contributed by atoms with E-state index in [0.717, 1.165) is 16.9 Å². The van der Waals surface area contributed by atoms with E-state index in [1.807, 2.05) is 6.07 Å². The molecule has 0 aliphatic carbocycles. The Labute approximate surface area is 180 Å². The molecule has 31 heavy (non-hydrogen) atoms. The zero-order chi connectivity index (χ0) is 22.0. The largest absolute Gasteiger partial charge is 0.463 e. The molecule has 1 atom stereocenters. The fourth-order valence-corrected chi connectivity index (χ4v) is 4.61. The van der Waals surface area contributed by atoms with Crippen LogP contribution in [0.3, 0.4) is 0 Å². The van der Waals surface area contributed by atoms with Crippen molar-refractivity contribution < 1.29 is 9.53 Å². The number of thiazole rings is 1. The first-order valence-corrected chi connectivity index (χ1v) is 10.2. The van der Waals surface area contributed by atoms with Crippen LogP contribution in [0.1, 0.15) is 24.0 Å². The standard InChI is InChI=1S/C22H17N5O3S/c1-2-30-22(29)18-17(14-6-4-8-26-12-14)15(10-23)19(24)27-20(28)16(31-21(18)27)9-13-5-3-7-25-11-13/h3-9,11-12,17H,2,24H2,1H3/b16-9-/t17-/m0/s1. The third-order valence-electron chi connectivity index (χ3n) is 4.76. The van der Waals surface area contributed by atoms with Crippen LogP contribution in [0.2, 0.25) is 0 Å². The molecule has 1 aliphatic heterocycles. The summed E-state index contributed by atoms with van der Waals surface area (Å²) < 4.78 is 7.20. The van der Waals surface area contributed by atoms with Crippen molar-refractivity contribution in [1.82, 2.24) is 14.5 Å². The zero-order valence-electron chi connectivity index (χ0n) is 16.5. The highest BCUT2D eigenvalue weighted by Crippen LogP contribution is 2.36. The topological polar surface area (TPSA) is 124 Å². The molecule has 0 saturated carbocycles. The van der Waals surface area contributed by atoms with Gasteiger partial charge in [-0.3, -0.25) is 19.3 Å². The van der Waals surface area contributed by atoms with Crippen molar-refractivity contribution in [3.63, 3.8) is 0 Å². The van der Waals surface area contributed by atoms with Gasteiger partial charge in [0.05, 0.1) is 34.3 Å². The highest BCUT2D eigenvalue weighted by molar-refractivity contribution is 7.07. The smallest absolute Gasteiger partial charge is 0.338 e. The lowest BCUT2D eigenvalue weighted by atomic mass is 9.84. The quantitative estimate of drug-likeness (QED) is 0.603. The van der Waals surface area contributed by atoms with Gasteiger partial charge in [0, 0.05) is 24.8 Å². The SMILES string of the molecule is CCOC(=O)C1=c2s/c(=C\c3cccnc3)c(=O)n2C(N)=C(C#N)[C@@H]1c1cccnc1. The fraction of sp³-hybridized carbons (Fsp3) is 0.136. The number of nitrogens with zero attached hydrogens (tertiary/aromatic N) is 4. The van der Waals surface area contributed by atoms with Gasteiger partial charge in [0.1, 0.15) is 10.5 Å². The normalized spacial score (nSPS) is 16.1. The second kappa shape index (κ2) is 8.38. The van der Waals surface area contributed by atoms with E-state index in [1.165, 1.54) is 4.57 Å². The molecule has 0 unspecified atom stereocenters. The molecule has 1 aliphatic rings. The first-order chi connectivity index (χ1) is 15.1. The van der Waals surface area contributed by atoms with E-state index < -0.39 is 17.4 Å². The van der Waals surface area contributed by atoms with Crippen molar-refractivity contribution in [2.45, 2.75) is 12.8 Å². The van der Waals surface area contributed by atoms with Crippen LogP contribution >= 0.6 is 11.3 Å². The van der Waals surface area contributed by atoms with E-state index in [2.05, 4.69) is 16.0 Å². The van der Waals surface area contributed by atoms with Gasteiger partial charge in [0.25, 0.3) is 5.56 Å². The Kier molecular flexibility index (Phi) is 5.47. The van der Waals surface area contributed by atoms with E-state index in [1.54, 1.807) is 56.0 Å². The third kappa shape index (κ3) is 3.53. The van der Waals surface area contributed by atoms with Gasteiger partial charge in [0.15, 0.2) is 0 Å². The van der Waals surface area contributed by atoms with Gasteiger partial charge >= 0.3 is 5.97 Å². The number of allylic oxidation sites excluding steroid dienone is 1. The van der Waals surface area contributed by atoms with Crippen LogP contribution in [0, 0.1) is 11.3 Å². The van der Waals surface area contributed by atoms with Crippen molar-refractivity contribution in [1.29, 1.82) is 5.26 Å². The maximum atomic E-state index is 13.2. The molecule has 3 aromatic heterocycles. The van der Waals surface area contributed by atoms with Crippen molar-refractivity contribution in [2.75, 3.05) is 6.61 Å². The summed E-state index contributed by atoms with van der Waals surface area (Å²) >= 11 is 1.12. The number of rotatable bonds is 4. The molecule has 0 fully saturated rings. The van der Waals surface area contributed by atoms with Crippen molar-refractivity contribution in [2.24, 2.45) is 5.73 Å². The number of hydrogen-bond donors (Lipinski definition) is 1. The number of aromatic nitrogens is 3. The Hall–Kier alpha value is -4.03. The average molecular weight is 431 g/mol. The van der Waals surface area contributed by atoms with Crippen molar-refractivity contribution >= 4 is 34.8 Å². The van der Waals surface area contributed by atoms with Gasteiger partial charge in [-0.25, -0.2) is 4.79 Å². The second-order valence-electron chi connectivity index (χ2n) is 6.61. The summed E-state index contributed by atoms with van der Waals surface area (Å²) in [5.74, 6) is -1.41. The Morgan fingerprint density at radius 3 is 2.68 bits per heavy atom. The number of hydrogen-bond acceptors (Lipinski definition) is 8. The van der Waals surface area contributed by atoms with E-state index in [0.29, 0.717) is 14.8 Å². The molecular formula is C22H17N5O3S. The average Bonchev–Trinajstić information content (AvgIpc) is 3.11. The summed E-state index contributed by atoms with van der Waals surface area (Å²) in [6.45, 7) is 1.84. The van der Waals surface area contributed by atoms with Crippen molar-refractivity contribution in [3.05, 3.63) is 85.3 Å². The Balaban J connectivity index is 2.10. The summed E-state index contributed by atoms with van der Waals surface area (Å²) in [6, 6.07) is 9.11. The van der Waals surface area contributed by atoms with Crippen molar-refractivity contribution in [3.8, 4) is 6.07 Å². The minimum Gasteiger partial charge on any atom is -0.463 e. The van der Waals surface area contributed by atoms with Gasteiger partial charge in [-0.15, -0.1) is 11.3 Å². The molecule has 8 nitrogen and oxygen atoms in total. The number of esters is 1. The van der Waals surface area contributed by atoms with Gasteiger partial charge < -0.3 is 10.5 Å². The fourth-order valence-electron chi connectivity index (χ4n) is 3.45. The lowest BCUT2D eigenvalue weighted by molar-refractivity contribution is -0.136. The highest BCUT2D eigenvalue weighted by Gasteiger charge is 2.36. The third-order valence-corrected chi connectivity index (χ3v) is 5.87. The zero-order valence-corrected chi connectivity index (χ0v) is 17.3. The first kappa shape index (κ1) is 20.3. The van der Waals surface area contributed by atoms with Crippen LogP contribution in [0.4, 0.5) is 0 Å². The van der Waals surface area contributed by atoms with Crippen LogP contribution < -0.4 is 20.5 Å². The molecule has 0 amide bonds. The molecule has 3 aromatic rings. The Morgan fingerprint density at radius 2 is 2.06 bits per heavy atom. The summed E-state index contributed by atoms with van der Waals surface area (Å²) in [5, 5.41) is 9.88. The van der Waals surface area contributed by atoms with Crippen LogP contribution in [-0.4, -0.2) is 27.1 Å². The molecule has 0 aromatic carbocycles. The number of ether oxygens (including phenoxy) is 1. The maximum absolute atomic E-state index is 13.2. The molecule has 4 rings (SSSR count). The molecule has 0 saturated heterocycles. The lowest BCUT2D eigenvalue weighted by Crippen LogP contribution is -2.40. The highest BCUT2D eigenvalue weighted by atomic mass is 32.1. The number of carbonyl (C=O) groups is 1. The monoisotopic (exact) mass is 431 g/mol. The van der Waals surface area contributed by atoms with Gasteiger partial charge in [-0.1, -0.05) is 12.1 Å². The molecule has 0 radical (unpaired) electrons. The first-order valence-electron chi connectivity index (χ1n) is 9.41. The number of fused-ring (bicyclic) bond motifs is 1. The Bertz CT molecular complexity index is 1400. The van der Waals surface area contributed by atoms with E-state index in [-0.39, 0.29) is 23.6 Å². The number of pyridine rings is 2. The molecule has 0 bridgehead atoms. The number of nitrogens with two attached hydrogens (primary N) is 1. The van der Waals surface area contributed by atoms with E-state index >= 15 is 0 Å². The molecule has 9 heteroatoms. The van der Waals surface area contributed by atoms with Crippen LogP contribution in [-0.2, 0) is 9.53 Å². The van der Waals surface area contributed by atoms with Gasteiger partial charge in [0.2, 0.25) is 0 Å². The van der Waals surface area contributed by atoms with E-state index in [9.17, 15) is 14.9 Å². The lowest BCUT2D eigenvalue weighted by Gasteiger charge is -2.24. The molecule has 154 valence electrons. The minimum atomic E-state index is -0.790. The predicted molar refractivity (Wildman–Crippen MR) is 116 cm³/mol. The van der Waals surface area contributed by atoms with E-state index in [4.69, 9.17) is 10.5 Å². The minimum absolute atomic E-state index is 0.00788.